The molecular weight excluding hydrogens is 255 g/mol. The molecule has 0 saturated carbocycles. The van der Waals surface area contributed by atoms with Crippen molar-refractivity contribution in [2.24, 2.45) is 0 Å². The van der Waals surface area contributed by atoms with Gasteiger partial charge in [0.15, 0.2) is 0 Å². The van der Waals surface area contributed by atoms with Gasteiger partial charge in [0.25, 0.3) is 0 Å². The van der Waals surface area contributed by atoms with Crippen LogP contribution in [0.5, 0.6) is 0 Å². The molecule has 2 heterocycles. The molecule has 2 aromatic rings. The van der Waals surface area contributed by atoms with E-state index in [0.717, 1.165) is 0 Å². The molecule has 88 valence electrons. The lowest BCUT2D eigenvalue weighted by Gasteiger charge is -1.82. The zero-order chi connectivity index (χ0) is 12.3. The van der Waals surface area contributed by atoms with Crippen LogP contribution in [0.2, 0.25) is 0 Å². The highest BCUT2D eigenvalue weighted by atomic mass is 32.1. The van der Waals surface area contributed by atoms with Gasteiger partial charge in [0.2, 0.25) is 0 Å². The van der Waals surface area contributed by atoms with Gasteiger partial charge in [-0.05, 0) is 11.3 Å². The zero-order valence-corrected chi connectivity index (χ0v) is 9.57. The van der Waals surface area contributed by atoms with Crippen molar-refractivity contribution in [1.82, 2.24) is 20.4 Å². The molecule has 16 heavy (non-hydrogen) atoms. The minimum atomic E-state index is -4.64. The fourth-order valence-electron chi connectivity index (χ4n) is 0.381. The Morgan fingerprint density at radius 2 is 1.62 bits per heavy atom. The van der Waals surface area contributed by atoms with E-state index in [1.54, 1.807) is 41.5 Å². The minimum Gasteiger partial charge on any atom is -0.303 e. The average Bonchev–Trinajstić information content (AvgIpc) is 2.75. The first kappa shape index (κ1) is 14.8. The predicted octanol–water partition coefficient (Wildman–Crippen LogP) is 0.0861. The van der Waals surface area contributed by atoms with E-state index in [1.807, 2.05) is 5.38 Å². The lowest BCUT2D eigenvalue weighted by atomic mass is 10.7. The maximum absolute atomic E-state index is 8.88. The van der Waals surface area contributed by atoms with E-state index >= 15 is 0 Å². The third kappa shape index (κ3) is 18.5. The lowest BCUT2D eigenvalue weighted by molar-refractivity contribution is 0.275. The van der Waals surface area contributed by atoms with E-state index in [4.69, 9.17) is 19.2 Å². The first-order chi connectivity index (χ1) is 7.50. The van der Waals surface area contributed by atoms with Gasteiger partial charge in [-0.25, -0.2) is 4.57 Å². The molecule has 0 unspecified atom stereocenters. The van der Waals surface area contributed by atoms with Crippen molar-refractivity contribution in [2.75, 3.05) is 0 Å². The Labute approximate surface area is 94.9 Å². The van der Waals surface area contributed by atoms with Gasteiger partial charge in [-0.2, -0.15) is 0 Å². The molecule has 0 aliphatic rings. The zero-order valence-electron chi connectivity index (χ0n) is 7.86. The van der Waals surface area contributed by atoms with Crippen LogP contribution >= 0.6 is 19.2 Å². The van der Waals surface area contributed by atoms with E-state index in [-0.39, 0.29) is 0 Å². The van der Waals surface area contributed by atoms with E-state index in [2.05, 4.69) is 20.4 Å². The van der Waals surface area contributed by atoms with Crippen molar-refractivity contribution in [1.29, 1.82) is 0 Å². The fraction of sp³-hybridized carbons (Fsp3) is 0. The number of nitrogens with zero attached hydrogens (tertiary/aromatic N) is 4. The molecule has 0 saturated heterocycles. The van der Waals surface area contributed by atoms with Crippen LogP contribution in [0.4, 0.5) is 0 Å². The highest BCUT2D eigenvalue weighted by molar-refractivity contribution is 7.45. The third-order valence-electron chi connectivity index (χ3n) is 0.756. The van der Waals surface area contributed by atoms with Gasteiger partial charge in [0, 0.05) is 11.6 Å². The summed E-state index contributed by atoms with van der Waals surface area (Å²) in [6.45, 7) is 0. The standard InChI is InChI=1S/C3H3N3.C3H3NS.H3O4P/c1-2-4-6-5-3-1;1-2-5-3-4-1;1-5(2,3)4/h1-3H;1-3H;(H3,1,2,3,4). The van der Waals surface area contributed by atoms with Crippen LogP contribution in [0.25, 0.3) is 0 Å². The van der Waals surface area contributed by atoms with Gasteiger partial charge in [0.1, 0.15) is 0 Å². The molecule has 0 fully saturated rings. The van der Waals surface area contributed by atoms with Gasteiger partial charge in [-0.3, -0.25) is 4.98 Å². The topological polar surface area (TPSA) is 129 Å². The second-order valence-electron chi connectivity index (χ2n) is 2.00. The summed E-state index contributed by atoms with van der Waals surface area (Å²) < 4.78 is 8.88. The molecule has 0 amide bonds. The molecule has 2 rings (SSSR count). The number of hydrogen-bond acceptors (Lipinski definition) is 6. The highest BCUT2D eigenvalue weighted by Gasteiger charge is 2.00. The number of aromatic nitrogens is 4. The van der Waals surface area contributed by atoms with Crippen LogP contribution in [0.1, 0.15) is 0 Å². The number of rotatable bonds is 0. The Morgan fingerprint density at radius 1 is 1.06 bits per heavy atom. The highest BCUT2D eigenvalue weighted by Crippen LogP contribution is 2.25. The first-order valence-corrected chi connectivity index (χ1v) is 6.19. The maximum Gasteiger partial charge on any atom is 0.466 e. The van der Waals surface area contributed by atoms with Crippen LogP contribution in [-0.2, 0) is 4.57 Å². The Bertz CT molecular complexity index is 328. The minimum absolute atomic E-state index is 1.58. The second kappa shape index (κ2) is 9.01. The van der Waals surface area contributed by atoms with Crippen molar-refractivity contribution in [2.45, 2.75) is 0 Å². The molecule has 10 heteroatoms. The van der Waals surface area contributed by atoms with E-state index in [9.17, 15) is 0 Å². The molecule has 0 aliphatic carbocycles. The average molecular weight is 264 g/mol. The molecule has 0 aromatic carbocycles. The number of hydrogen-bond donors (Lipinski definition) is 3. The van der Waals surface area contributed by atoms with Crippen molar-refractivity contribution >= 4 is 19.2 Å². The molecule has 0 aliphatic heterocycles. The fourth-order valence-corrected chi connectivity index (χ4v) is 0.732. The van der Waals surface area contributed by atoms with Gasteiger partial charge < -0.3 is 14.7 Å². The molecule has 2 aromatic heterocycles. The monoisotopic (exact) mass is 264 g/mol. The van der Waals surface area contributed by atoms with Crippen LogP contribution in [-0.4, -0.2) is 35.1 Å². The molecular formula is C6H9N4O4PS. The largest absolute Gasteiger partial charge is 0.466 e. The summed E-state index contributed by atoms with van der Waals surface area (Å²) in [5.41, 5.74) is 1.79. The Kier molecular flexibility index (Phi) is 8.31. The van der Waals surface area contributed by atoms with Crippen LogP contribution < -0.4 is 0 Å². The lowest BCUT2D eigenvalue weighted by Crippen LogP contribution is -1.78. The molecule has 0 radical (unpaired) electrons. The molecule has 8 nitrogen and oxygen atoms in total. The smallest absolute Gasteiger partial charge is 0.303 e. The first-order valence-electron chi connectivity index (χ1n) is 3.69. The second-order valence-corrected chi connectivity index (χ2v) is 3.78. The van der Waals surface area contributed by atoms with Gasteiger partial charge in [-0.1, -0.05) is 0 Å². The van der Waals surface area contributed by atoms with Crippen molar-refractivity contribution < 1.29 is 19.2 Å². The maximum atomic E-state index is 8.88. The summed E-state index contributed by atoms with van der Waals surface area (Å²) in [6.07, 6.45) is 4.92. The Hall–Kier alpha value is -1.25. The molecule has 0 atom stereocenters. The third-order valence-corrected chi connectivity index (χ3v) is 1.28. The van der Waals surface area contributed by atoms with Crippen molar-refractivity contribution in [3.8, 4) is 0 Å². The normalized spacial score (nSPS) is 9.19. The summed E-state index contributed by atoms with van der Waals surface area (Å²) in [5.74, 6) is 0. The molecule has 0 bridgehead atoms. The van der Waals surface area contributed by atoms with Crippen LogP contribution in [0.3, 0.4) is 0 Å². The number of phosphoric acid groups is 1. The summed E-state index contributed by atoms with van der Waals surface area (Å²) in [4.78, 5) is 25.3. The van der Waals surface area contributed by atoms with Gasteiger partial charge >= 0.3 is 7.82 Å². The quantitative estimate of drug-likeness (QED) is 0.570. The Balaban J connectivity index is 0.000000213. The molecule has 0 spiro atoms. The SMILES string of the molecule is O=P(O)(O)O.c1cnnnc1.c1cscn1. The molecule has 3 N–H and O–H groups in total. The van der Waals surface area contributed by atoms with E-state index in [0.29, 0.717) is 0 Å². The number of thiazole rings is 1. The van der Waals surface area contributed by atoms with Gasteiger partial charge in [-0.15, -0.1) is 21.5 Å². The van der Waals surface area contributed by atoms with E-state index < -0.39 is 7.82 Å². The summed E-state index contributed by atoms with van der Waals surface area (Å²) >= 11 is 1.60. The predicted molar refractivity (Wildman–Crippen MR) is 56.2 cm³/mol. The van der Waals surface area contributed by atoms with Crippen LogP contribution in [0, 0.1) is 0 Å². The summed E-state index contributed by atoms with van der Waals surface area (Å²) in [7, 11) is -4.64. The van der Waals surface area contributed by atoms with Crippen molar-refractivity contribution in [3.05, 3.63) is 35.5 Å². The Morgan fingerprint density at radius 3 is 1.75 bits per heavy atom. The van der Waals surface area contributed by atoms with E-state index in [1.165, 1.54) is 0 Å². The van der Waals surface area contributed by atoms with Crippen molar-refractivity contribution in [3.63, 3.8) is 0 Å². The van der Waals surface area contributed by atoms with Gasteiger partial charge in [0.05, 0.1) is 17.9 Å². The summed E-state index contributed by atoms with van der Waals surface area (Å²) in [5, 5.41) is 12.1. The van der Waals surface area contributed by atoms with Crippen LogP contribution in [0.15, 0.2) is 35.5 Å². The summed E-state index contributed by atoms with van der Waals surface area (Å²) in [6, 6.07) is 1.72.